The van der Waals surface area contributed by atoms with Gasteiger partial charge in [-0.1, -0.05) is 94.5 Å². The normalized spacial score (nSPS) is 10.9. The number of nitrogens with one attached hydrogen (secondary N) is 2. The van der Waals surface area contributed by atoms with Crippen molar-refractivity contribution in [2.45, 2.75) is 71.1 Å². The average molecular weight is 405 g/mol. The Labute approximate surface area is 173 Å². The van der Waals surface area contributed by atoms with Crippen molar-refractivity contribution in [1.82, 2.24) is 5.32 Å². The first-order valence-electron chi connectivity index (χ1n) is 10.6. The first kappa shape index (κ1) is 22.4. The zero-order chi connectivity index (χ0) is 20.2. The van der Waals surface area contributed by atoms with Crippen molar-refractivity contribution < 1.29 is 9.90 Å². The Morgan fingerprint density at radius 3 is 2.25 bits per heavy atom. The van der Waals surface area contributed by atoms with Crippen molar-refractivity contribution in [1.29, 1.82) is 0 Å². The monoisotopic (exact) mass is 404 g/mol. The van der Waals surface area contributed by atoms with Gasteiger partial charge in [-0.3, -0.25) is 0 Å². The van der Waals surface area contributed by atoms with E-state index in [-0.39, 0.29) is 16.8 Å². The predicted molar refractivity (Wildman–Crippen MR) is 119 cm³/mol. The number of hydrogen-bond donors (Lipinski definition) is 3. The van der Waals surface area contributed by atoms with Crippen molar-refractivity contribution in [3.05, 3.63) is 35.4 Å². The topological polar surface area (TPSA) is 61.4 Å². The van der Waals surface area contributed by atoms with E-state index in [9.17, 15) is 9.90 Å². The molecule has 154 valence electrons. The van der Waals surface area contributed by atoms with Crippen molar-refractivity contribution in [2.75, 3.05) is 11.9 Å². The molecule has 4 nitrogen and oxygen atoms in total. The number of anilines is 1. The highest BCUT2D eigenvalue weighted by molar-refractivity contribution is 6.33. The van der Waals surface area contributed by atoms with E-state index in [2.05, 4.69) is 17.6 Å². The van der Waals surface area contributed by atoms with Gasteiger partial charge in [-0.25, -0.2) is 4.79 Å². The zero-order valence-corrected chi connectivity index (χ0v) is 17.7. The van der Waals surface area contributed by atoms with Crippen molar-refractivity contribution >= 4 is 34.1 Å². The van der Waals surface area contributed by atoms with Gasteiger partial charge in [0.05, 0.1) is 10.7 Å². The fourth-order valence-corrected chi connectivity index (χ4v) is 3.58. The lowest BCUT2D eigenvalue weighted by Gasteiger charge is -2.12. The van der Waals surface area contributed by atoms with Gasteiger partial charge in [0.15, 0.2) is 0 Å². The third-order valence-corrected chi connectivity index (χ3v) is 5.34. The Hall–Kier alpha value is -1.94. The predicted octanol–water partition coefficient (Wildman–Crippen LogP) is 7.24. The number of amides is 2. The molecule has 0 aliphatic heterocycles. The maximum Gasteiger partial charge on any atom is 0.319 e. The molecule has 0 aliphatic rings. The first-order chi connectivity index (χ1) is 13.6. The van der Waals surface area contributed by atoms with E-state index < -0.39 is 0 Å². The Morgan fingerprint density at radius 1 is 0.929 bits per heavy atom. The molecule has 0 aliphatic carbocycles. The highest BCUT2D eigenvalue weighted by Gasteiger charge is 2.11. The zero-order valence-electron chi connectivity index (χ0n) is 16.9. The molecule has 2 rings (SSSR count). The van der Waals surface area contributed by atoms with Crippen LogP contribution in [0.4, 0.5) is 10.5 Å². The molecule has 0 saturated carbocycles. The van der Waals surface area contributed by atoms with Crippen molar-refractivity contribution in [3.8, 4) is 5.75 Å². The highest BCUT2D eigenvalue weighted by atomic mass is 35.5. The number of hydrogen-bond acceptors (Lipinski definition) is 2. The molecule has 2 aromatic carbocycles. The number of unbranched alkanes of at least 4 members (excludes halogenated alkanes) is 9. The van der Waals surface area contributed by atoms with E-state index in [4.69, 9.17) is 11.6 Å². The summed E-state index contributed by atoms with van der Waals surface area (Å²) >= 11 is 6.00. The van der Waals surface area contributed by atoms with Gasteiger partial charge < -0.3 is 15.7 Å². The number of aromatic hydroxyl groups is 1. The van der Waals surface area contributed by atoms with Gasteiger partial charge in [0.2, 0.25) is 0 Å². The molecule has 0 aromatic heterocycles. The Morgan fingerprint density at radius 2 is 1.57 bits per heavy atom. The summed E-state index contributed by atoms with van der Waals surface area (Å²) < 4.78 is 0. The van der Waals surface area contributed by atoms with Crippen LogP contribution >= 0.6 is 11.6 Å². The number of urea groups is 1. The number of rotatable bonds is 12. The van der Waals surface area contributed by atoms with Crippen LogP contribution in [0.2, 0.25) is 5.02 Å². The molecular formula is C23H33ClN2O2. The summed E-state index contributed by atoms with van der Waals surface area (Å²) in [6.07, 6.45) is 12.7. The number of carbonyl (C=O) groups is 1. The molecule has 5 heteroatoms. The van der Waals surface area contributed by atoms with E-state index in [0.29, 0.717) is 17.6 Å². The number of phenolic OH excluding ortho intramolecular Hbond substituents is 1. The lowest BCUT2D eigenvalue weighted by molar-refractivity contribution is 0.252. The number of benzene rings is 2. The third kappa shape index (κ3) is 7.23. The van der Waals surface area contributed by atoms with Crippen LogP contribution in [0.1, 0.15) is 71.1 Å². The molecule has 0 atom stereocenters. The second kappa shape index (κ2) is 12.5. The molecule has 2 aromatic rings. The van der Waals surface area contributed by atoms with E-state index in [1.807, 2.05) is 18.2 Å². The molecule has 0 fully saturated rings. The molecule has 0 unspecified atom stereocenters. The molecule has 3 N–H and O–H groups in total. The molecular weight excluding hydrogens is 372 g/mol. The van der Waals surface area contributed by atoms with Crippen LogP contribution in [0.15, 0.2) is 30.3 Å². The van der Waals surface area contributed by atoms with Gasteiger partial charge in [0.1, 0.15) is 5.75 Å². The van der Waals surface area contributed by atoms with Crippen LogP contribution < -0.4 is 10.6 Å². The number of fused-ring (bicyclic) bond motifs is 1. The van der Waals surface area contributed by atoms with Crippen LogP contribution in [0.5, 0.6) is 5.75 Å². The molecule has 28 heavy (non-hydrogen) atoms. The minimum absolute atomic E-state index is 0.00948. The van der Waals surface area contributed by atoms with Crippen LogP contribution in [-0.4, -0.2) is 17.7 Å². The van der Waals surface area contributed by atoms with Crippen molar-refractivity contribution in [2.24, 2.45) is 0 Å². The maximum absolute atomic E-state index is 12.2. The lowest BCUT2D eigenvalue weighted by Crippen LogP contribution is -2.29. The van der Waals surface area contributed by atoms with Crippen LogP contribution in [0.3, 0.4) is 0 Å². The summed E-state index contributed by atoms with van der Waals surface area (Å²) in [6.45, 7) is 2.90. The van der Waals surface area contributed by atoms with Gasteiger partial charge in [-0.15, -0.1) is 0 Å². The molecule has 0 spiro atoms. The number of carbonyl (C=O) groups excluding carboxylic acids is 1. The first-order valence-corrected chi connectivity index (χ1v) is 11.0. The van der Waals surface area contributed by atoms with Crippen LogP contribution in [-0.2, 0) is 0 Å². The Kier molecular flexibility index (Phi) is 9.98. The van der Waals surface area contributed by atoms with Gasteiger partial charge in [-0.05, 0) is 23.9 Å². The molecule has 0 bridgehead atoms. The third-order valence-electron chi connectivity index (χ3n) is 5.03. The van der Waals surface area contributed by atoms with Gasteiger partial charge >= 0.3 is 6.03 Å². The SMILES string of the molecule is CCCCCCCCCCCCNC(=O)Nc1cccc2ccc(Cl)c(O)c12. The summed E-state index contributed by atoms with van der Waals surface area (Å²) in [6, 6.07) is 8.69. The van der Waals surface area contributed by atoms with E-state index in [0.717, 1.165) is 18.2 Å². The van der Waals surface area contributed by atoms with E-state index >= 15 is 0 Å². The molecule has 0 radical (unpaired) electrons. The van der Waals surface area contributed by atoms with E-state index in [1.54, 1.807) is 12.1 Å². The molecule has 2 amide bonds. The number of phenols is 1. The van der Waals surface area contributed by atoms with Gasteiger partial charge in [-0.2, -0.15) is 0 Å². The summed E-state index contributed by atoms with van der Waals surface area (Å²) in [4.78, 5) is 12.2. The Bertz CT molecular complexity index is 749. The summed E-state index contributed by atoms with van der Waals surface area (Å²) in [5, 5.41) is 17.6. The van der Waals surface area contributed by atoms with Crippen LogP contribution in [0, 0.1) is 0 Å². The maximum atomic E-state index is 12.2. The van der Waals surface area contributed by atoms with Crippen molar-refractivity contribution in [3.63, 3.8) is 0 Å². The number of halogens is 1. The highest BCUT2D eigenvalue weighted by Crippen LogP contribution is 2.36. The fraction of sp³-hybridized carbons (Fsp3) is 0.522. The largest absolute Gasteiger partial charge is 0.506 e. The average Bonchev–Trinajstić information content (AvgIpc) is 2.69. The molecule has 0 heterocycles. The van der Waals surface area contributed by atoms with Gasteiger partial charge in [0.25, 0.3) is 0 Å². The van der Waals surface area contributed by atoms with Gasteiger partial charge in [0, 0.05) is 11.9 Å². The second-order valence-electron chi connectivity index (χ2n) is 7.36. The lowest BCUT2D eigenvalue weighted by atomic mass is 10.1. The smallest absolute Gasteiger partial charge is 0.319 e. The minimum Gasteiger partial charge on any atom is -0.506 e. The summed E-state index contributed by atoms with van der Waals surface area (Å²) in [5.41, 5.74) is 0.554. The second-order valence-corrected chi connectivity index (χ2v) is 7.77. The summed E-state index contributed by atoms with van der Waals surface area (Å²) in [7, 11) is 0. The summed E-state index contributed by atoms with van der Waals surface area (Å²) in [5.74, 6) is -0.00948. The quantitative estimate of drug-likeness (QED) is 0.326. The van der Waals surface area contributed by atoms with E-state index in [1.165, 1.54) is 51.4 Å². The minimum atomic E-state index is -0.261. The van der Waals surface area contributed by atoms with Crippen LogP contribution in [0.25, 0.3) is 10.8 Å². The molecule has 0 saturated heterocycles. The Balaban J connectivity index is 1.65. The fourth-order valence-electron chi connectivity index (χ4n) is 3.42. The standard InChI is InChI=1S/C23H33ClN2O2/c1-2-3-4-5-6-7-8-9-10-11-17-25-23(28)26-20-14-12-13-18-15-16-19(24)22(27)21(18)20/h12-16,27H,2-11,17H2,1H3,(H2,25,26,28).